The van der Waals surface area contributed by atoms with Crippen molar-refractivity contribution in [3.05, 3.63) is 59.9 Å². The van der Waals surface area contributed by atoms with E-state index in [0.29, 0.717) is 16.5 Å². The third-order valence-electron chi connectivity index (χ3n) is 1.85. The van der Waals surface area contributed by atoms with Crippen LogP contribution >= 0.6 is 11.6 Å². The SMILES string of the molecule is C=C/C=C(F)\C=C\COc1ccc(N)cc1Cl. The van der Waals surface area contributed by atoms with Crippen molar-refractivity contribution in [2.45, 2.75) is 0 Å². The van der Waals surface area contributed by atoms with Crippen molar-refractivity contribution in [3.8, 4) is 5.75 Å². The average molecular weight is 254 g/mol. The number of nitrogens with two attached hydrogens (primary N) is 1. The van der Waals surface area contributed by atoms with Crippen LogP contribution in [-0.2, 0) is 0 Å². The molecule has 0 radical (unpaired) electrons. The lowest BCUT2D eigenvalue weighted by atomic mass is 10.3. The van der Waals surface area contributed by atoms with E-state index in [1.54, 1.807) is 24.3 Å². The maximum Gasteiger partial charge on any atom is 0.138 e. The van der Waals surface area contributed by atoms with E-state index in [-0.39, 0.29) is 12.4 Å². The molecule has 2 nitrogen and oxygen atoms in total. The highest BCUT2D eigenvalue weighted by atomic mass is 35.5. The molecule has 1 aromatic carbocycles. The molecule has 0 fully saturated rings. The molecular weight excluding hydrogens is 241 g/mol. The van der Waals surface area contributed by atoms with E-state index in [0.717, 1.165) is 0 Å². The highest BCUT2D eigenvalue weighted by Crippen LogP contribution is 2.26. The van der Waals surface area contributed by atoms with Crippen molar-refractivity contribution in [1.29, 1.82) is 0 Å². The minimum Gasteiger partial charge on any atom is -0.488 e. The lowest BCUT2D eigenvalue weighted by molar-refractivity contribution is 0.363. The first kappa shape index (κ1) is 13.3. The number of ether oxygens (including phenoxy) is 1. The van der Waals surface area contributed by atoms with Gasteiger partial charge in [0.25, 0.3) is 0 Å². The quantitative estimate of drug-likeness (QED) is 0.638. The molecule has 0 bridgehead atoms. The van der Waals surface area contributed by atoms with Gasteiger partial charge in [0, 0.05) is 5.69 Å². The summed E-state index contributed by atoms with van der Waals surface area (Å²) >= 11 is 5.89. The Bertz CT molecular complexity index is 455. The summed E-state index contributed by atoms with van der Waals surface area (Å²) in [6.45, 7) is 3.61. The van der Waals surface area contributed by atoms with Gasteiger partial charge >= 0.3 is 0 Å². The van der Waals surface area contributed by atoms with Crippen LogP contribution in [0.25, 0.3) is 0 Å². The summed E-state index contributed by atoms with van der Waals surface area (Å²) in [4.78, 5) is 0. The summed E-state index contributed by atoms with van der Waals surface area (Å²) in [5, 5.41) is 0.431. The Balaban J connectivity index is 2.51. The Labute approximate surface area is 105 Å². The maximum absolute atomic E-state index is 12.9. The molecule has 0 saturated carbocycles. The van der Waals surface area contributed by atoms with E-state index in [4.69, 9.17) is 22.1 Å². The third kappa shape index (κ3) is 4.74. The molecule has 0 atom stereocenters. The van der Waals surface area contributed by atoms with E-state index < -0.39 is 0 Å². The molecule has 0 aliphatic rings. The number of rotatable bonds is 5. The molecular formula is C13H13ClFNO. The van der Waals surface area contributed by atoms with Crippen LogP contribution in [0.4, 0.5) is 10.1 Å². The van der Waals surface area contributed by atoms with Crippen molar-refractivity contribution in [3.63, 3.8) is 0 Å². The Morgan fingerprint density at radius 1 is 1.53 bits per heavy atom. The normalized spacial score (nSPS) is 11.8. The molecule has 0 saturated heterocycles. The molecule has 2 N–H and O–H groups in total. The Morgan fingerprint density at radius 2 is 2.29 bits per heavy atom. The first-order chi connectivity index (χ1) is 8.13. The first-order valence-electron chi connectivity index (χ1n) is 4.96. The van der Waals surface area contributed by atoms with Crippen molar-refractivity contribution in [2.24, 2.45) is 0 Å². The summed E-state index contributed by atoms with van der Waals surface area (Å²) in [5.74, 6) is 0.130. The Morgan fingerprint density at radius 3 is 2.94 bits per heavy atom. The summed E-state index contributed by atoms with van der Waals surface area (Å²) in [6, 6.07) is 4.95. The van der Waals surface area contributed by atoms with Crippen molar-refractivity contribution < 1.29 is 9.13 Å². The van der Waals surface area contributed by atoms with Crippen molar-refractivity contribution in [2.75, 3.05) is 12.3 Å². The van der Waals surface area contributed by atoms with Gasteiger partial charge in [-0.1, -0.05) is 24.3 Å². The minimum absolute atomic E-state index is 0.224. The molecule has 0 heterocycles. The first-order valence-corrected chi connectivity index (χ1v) is 5.34. The number of anilines is 1. The summed E-state index contributed by atoms with van der Waals surface area (Å²) in [7, 11) is 0. The molecule has 0 unspecified atom stereocenters. The van der Waals surface area contributed by atoms with Crippen molar-refractivity contribution in [1.82, 2.24) is 0 Å². The molecule has 0 spiro atoms. The lowest BCUT2D eigenvalue weighted by Gasteiger charge is -2.05. The molecule has 0 aliphatic carbocycles. The second kappa shape index (κ2) is 6.76. The number of nitrogen functional groups attached to an aromatic ring is 1. The van der Waals surface area contributed by atoms with E-state index >= 15 is 0 Å². The molecule has 0 aromatic heterocycles. The van der Waals surface area contributed by atoms with Crippen LogP contribution in [0.5, 0.6) is 5.75 Å². The zero-order valence-corrected chi connectivity index (χ0v) is 9.95. The zero-order chi connectivity index (χ0) is 12.7. The van der Waals surface area contributed by atoms with Gasteiger partial charge in [-0.2, -0.15) is 0 Å². The van der Waals surface area contributed by atoms with Gasteiger partial charge in [-0.15, -0.1) is 0 Å². The predicted octanol–water partition coefficient (Wildman–Crippen LogP) is 3.90. The Hall–Kier alpha value is -1.74. The third-order valence-corrected chi connectivity index (χ3v) is 2.14. The summed E-state index contributed by atoms with van der Waals surface area (Å²) in [6.07, 6.45) is 5.47. The van der Waals surface area contributed by atoms with Crippen LogP contribution in [0.3, 0.4) is 0 Å². The predicted molar refractivity (Wildman–Crippen MR) is 69.9 cm³/mol. The van der Waals surface area contributed by atoms with Crippen LogP contribution < -0.4 is 10.5 Å². The van der Waals surface area contributed by atoms with Gasteiger partial charge in [0.1, 0.15) is 18.2 Å². The Kier molecular flexibility index (Phi) is 5.30. The molecule has 4 heteroatoms. The molecule has 90 valence electrons. The van der Waals surface area contributed by atoms with Gasteiger partial charge in [0.2, 0.25) is 0 Å². The standard InChI is InChI=1S/C13H13ClFNO/c1-2-4-10(15)5-3-8-17-13-7-6-11(16)9-12(13)14/h2-7,9H,1,8,16H2/b5-3+,10-4+. The fourth-order valence-corrected chi connectivity index (χ4v) is 1.34. The number of hydrogen-bond donors (Lipinski definition) is 1. The van der Waals surface area contributed by atoms with E-state index in [2.05, 4.69) is 6.58 Å². The van der Waals surface area contributed by atoms with Gasteiger partial charge < -0.3 is 10.5 Å². The van der Waals surface area contributed by atoms with Crippen LogP contribution in [0.2, 0.25) is 5.02 Å². The average Bonchev–Trinajstić information content (AvgIpc) is 2.27. The van der Waals surface area contributed by atoms with Crippen LogP contribution in [-0.4, -0.2) is 6.61 Å². The van der Waals surface area contributed by atoms with E-state index in [1.807, 2.05) is 0 Å². The number of hydrogen-bond acceptors (Lipinski definition) is 2. The maximum atomic E-state index is 12.9. The monoisotopic (exact) mass is 253 g/mol. The largest absolute Gasteiger partial charge is 0.488 e. The van der Waals surface area contributed by atoms with Crippen molar-refractivity contribution >= 4 is 17.3 Å². The van der Waals surface area contributed by atoms with Gasteiger partial charge in [-0.25, -0.2) is 4.39 Å². The highest BCUT2D eigenvalue weighted by molar-refractivity contribution is 6.32. The molecule has 0 amide bonds. The topological polar surface area (TPSA) is 35.2 Å². The second-order valence-electron chi connectivity index (χ2n) is 3.19. The fourth-order valence-electron chi connectivity index (χ4n) is 1.10. The van der Waals surface area contributed by atoms with Gasteiger partial charge in [-0.05, 0) is 36.4 Å². The summed E-state index contributed by atoms with van der Waals surface area (Å²) < 4.78 is 18.2. The summed E-state index contributed by atoms with van der Waals surface area (Å²) in [5.41, 5.74) is 6.10. The van der Waals surface area contributed by atoms with E-state index in [9.17, 15) is 4.39 Å². The van der Waals surface area contributed by atoms with Crippen LogP contribution in [0, 0.1) is 0 Å². The number of benzene rings is 1. The van der Waals surface area contributed by atoms with Gasteiger partial charge in [0.15, 0.2) is 0 Å². The number of allylic oxidation sites excluding steroid dienone is 4. The smallest absolute Gasteiger partial charge is 0.138 e. The molecule has 1 aromatic rings. The molecule has 1 rings (SSSR count). The minimum atomic E-state index is -0.382. The zero-order valence-electron chi connectivity index (χ0n) is 9.20. The van der Waals surface area contributed by atoms with Crippen LogP contribution in [0.1, 0.15) is 0 Å². The lowest BCUT2D eigenvalue weighted by Crippen LogP contribution is -1.95. The van der Waals surface area contributed by atoms with Gasteiger partial charge in [-0.3, -0.25) is 0 Å². The molecule has 0 aliphatic heterocycles. The van der Waals surface area contributed by atoms with E-state index in [1.165, 1.54) is 18.2 Å². The second-order valence-corrected chi connectivity index (χ2v) is 3.60. The fraction of sp³-hybridized carbons (Fsp3) is 0.0769. The number of halogens is 2. The van der Waals surface area contributed by atoms with Gasteiger partial charge in [0.05, 0.1) is 5.02 Å². The van der Waals surface area contributed by atoms with Crippen LogP contribution in [0.15, 0.2) is 54.9 Å². The molecule has 17 heavy (non-hydrogen) atoms. The highest BCUT2D eigenvalue weighted by Gasteiger charge is 2.00.